The van der Waals surface area contributed by atoms with Gasteiger partial charge in [-0.3, -0.25) is 9.80 Å². The van der Waals surface area contributed by atoms with Crippen molar-refractivity contribution in [2.75, 3.05) is 37.6 Å². The lowest BCUT2D eigenvalue weighted by Crippen LogP contribution is -2.58. The Balaban J connectivity index is 1.06. The van der Waals surface area contributed by atoms with Gasteiger partial charge < -0.3 is 14.9 Å². The second-order valence-corrected chi connectivity index (χ2v) is 10.5. The number of imidazole rings is 1. The number of nitrogens with zero attached hydrogens (tertiary/aromatic N) is 5. The number of piperazine rings is 1. The molecule has 0 spiro atoms. The van der Waals surface area contributed by atoms with E-state index in [4.69, 9.17) is 16.6 Å². The van der Waals surface area contributed by atoms with Crippen LogP contribution in [0.2, 0.25) is 5.02 Å². The molecule has 4 aromatic rings. The topological polar surface area (TPSA) is 67.1 Å². The molecule has 188 valence electrons. The molecule has 2 aliphatic heterocycles. The molecule has 36 heavy (non-hydrogen) atoms. The first-order chi connectivity index (χ1) is 17.7. The monoisotopic (exact) mass is 503 g/mol. The Morgan fingerprint density at radius 3 is 2.67 bits per heavy atom. The van der Waals surface area contributed by atoms with E-state index in [0.29, 0.717) is 17.1 Å². The van der Waals surface area contributed by atoms with Crippen molar-refractivity contribution >= 4 is 28.3 Å². The average Bonchev–Trinajstić information content (AvgIpc) is 3.61. The summed E-state index contributed by atoms with van der Waals surface area (Å²) in [4.78, 5) is 23.2. The van der Waals surface area contributed by atoms with E-state index in [-0.39, 0.29) is 0 Å². The van der Waals surface area contributed by atoms with Gasteiger partial charge in [0.2, 0.25) is 0 Å². The number of H-pyrrole nitrogens is 2. The summed E-state index contributed by atoms with van der Waals surface area (Å²) in [7, 11) is 0. The van der Waals surface area contributed by atoms with Gasteiger partial charge >= 0.3 is 0 Å². The zero-order valence-electron chi connectivity index (χ0n) is 20.8. The number of hydrogen-bond acceptors (Lipinski definition) is 5. The molecular formula is C28H34ClN7. The van der Waals surface area contributed by atoms with Gasteiger partial charge in [-0.15, -0.1) is 0 Å². The molecule has 8 heteroatoms. The van der Waals surface area contributed by atoms with Gasteiger partial charge in [-0.2, -0.15) is 0 Å². The van der Waals surface area contributed by atoms with E-state index in [0.717, 1.165) is 62.9 Å². The van der Waals surface area contributed by atoms with Gasteiger partial charge in [-0.25, -0.2) is 9.97 Å². The van der Waals surface area contributed by atoms with Crippen LogP contribution in [0.4, 0.5) is 5.82 Å². The van der Waals surface area contributed by atoms with Crippen LogP contribution in [0.5, 0.6) is 0 Å². The Morgan fingerprint density at radius 1 is 1.00 bits per heavy atom. The van der Waals surface area contributed by atoms with E-state index in [1.54, 1.807) is 6.20 Å². The van der Waals surface area contributed by atoms with E-state index in [9.17, 15) is 0 Å². The quantitative estimate of drug-likeness (QED) is 0.380. The molecule has 0 radical (unpaired) electrons. The van der Waals surface area contributed by atoms with Gasteiger partial charge in [0, 0.05) is 74.1 Å². The minimum Gasteiger partial charge on any atom is -0.361 e. The molecule has 1 atom stereocenters. The SMILES string of the molecule is CC[C@H]1CN(c2ncc(-c3ncc[nH]3)cc2Cl)CCN1C1CCN(Cc2ccc3[nH]ccc3c2)CC1. The first kappa shape index (κ1) is 23.5. The maximum atomic E-state index is 6.70. The van der Waals surface area contributed by atoms with Crippen LogP contribution in [0.1, 0.15) is 31.7 Å². The van der Waals surface area contributed by atoms with Crippen molar-refractivity contribution in [3.63, 3.8) is 0 Å². The highest BCUT2D eigenvalue weighted by atomic mass is 35.5. The fourth-order valence-corrected chi connectivity index (χ4v) is 6.28. The number of anilines is 1. The van der Waals surface area contributed by atoms with Gasteiger partial charge in [-0.1, -0.05) is 24.6 Å². The number of likely N-dealkylation sites (tertiary alicyclic amines) is 1. The zero-order valence-corrected chi connectivity index (χ0v) is 21.6. The van der Waals surface area contributed by atoms with Gasteiger partial charge in [-0.05, 0) is 67.6 Å². The van der Waals surface area contributed by atoms with Crippen molar-refractivity contribution in [1.29, 1.82) is 0 Å². The Kier molecular flexibility index (Phi) is 6.69. The first-order valence-electron chi connectivity index (χ1n) is 13.1. The number of aromatic nitrogens is 4. The largest absolute Gasteiger partial charge is 0.361 e. The number of benzene rings is 1. The number of hydrogen-bond donors (Lipinski definition) is 2. The highest BCUT2D eigenvalue weighted by Crippen LogP contribution is 2.31. The predicted octanol–water partition coefficient (Wildman–Crippen LogP) is 5.17. The number of halogens is 1. The molecule has 3 aromatic heterocycles. The summed E-state index contributed by atoms with van der Waals surface area (Å²) in [5.41, 5.74) is 3.54. The van der Waals surface area contributed by atoms with Crippen LogP contribution in [0.25, 0.3) is 22.3 Å². The zero-order chi connectivity index (χ0) is 24.5. The van der Waals surface area contributed by atoms with Crippen molar-refractivity contribution in [2.45, 2.75) is 44.8 Å². The van der Waals surface area contributed by atoms with Crippen LogP contribution >= 0.6 is 11.6 Å². The minimum atomic E-state index is 0.522. The van der Waals surface area contributed by atoms with Crippen LogP contribution in [0.15, 0.2) is 55.1 Å². The number of nitrogens with one attached hydrogen (secondary N) is 2. The van der Waals surface area contributed by atoms with Gasteiger partial charge in [0.1, 0.15) is 11.6 Å². The molecule has 0 unspecified atom stereocenters. The third-order valence-corrected chi connectivity index (χ3v) is 8.22. The molecule has 0 amide bonds. The van der Waals surface area contributed by atoms with Crippen LogP contribution in [0, 0.1) is 0 Å². The van der Waals surface area contributed by atoms with Crippen molar-refractivity contribution in [3.05, 3.63) is 65.7 Å². The summed E-state index contributed by atoms with van der Waals surface area (Å²) in [5, 5.41) is 1.99. The lowest BCUT2D eigenvalue weighted by atomic mass is 9.97. The Hall–Kier alpha value is -2.87. The summed E-state index contributed by atoms with van der Waals surface area (Å²) in [6.07, 6.45) is 11.1. The van der Waals surface area contributed by atoms with Crippen LogP contribution < -0.4 is 4.90 Å². The first-order valence-corrected chi connectivity index (χ1v) is 13.5. The molecule has 1 aromatic carbocycles. The molecule has 0 bridgehead atoms. The molecule has 7 nitrogen and oxygen atoms in total. The highest BCUT2D eigenvalue weighted by molar-refractivity contribution is 6.33. The third kappa shape index (κ3) is 4.75. The number of fused-ring (bicyclic) bond motifs is 1. The van der Waals surface area contributed by atoms with E-state index >= 15 is 0 Å². The second-order valence-electron chi connectivity index (χ2n) is 10.1. The Labute approximate surface area is 217 Å². The Bertz CT molecular complexity index is 1290. The molecule has 2 N–H and O–H groups in total. The lowest BCUT2D eigenvalue weighted by Gasteiger charge is -2.47. The van der Waals surface area contributed by atoms with Crippen molar-refractivity contribution in [1.82, 2.24) is 29.7 Å². The Morgan fingerprint density at radius 2 is 1.89 bits per heavy atom. The predicted molar refractivity (Wildman–Crippen MR) is 146 cm³/mol. The number of pyridine rings is 1. The minimum absolute atomic E-state index is 0.522. The third-order valence-electron chi connectivity index (χ3n) is 7.94. The molecule has 2 fully saturated rings. The van der Waals surface area contributed by atoms with E-state index < -0.39 is 0 Å². The van der Waals surface area contributed by atoms with E-state index in [1.807, 2.05) is 24.7 Å². The van der Waals surface area contributed by atoms with E-state index in [2.05, 4.69) is 60.8 Å². The molecular weight excluding hydrogens is 470 g/mol. The molecule has 2 aliphatic rings. The van der Waals surface area contributed by atoms with Crippen molar-refractivity contribution < 1.29 is 0 Å². The smallest absolute Gasteiger partial charge is 0.147 e. The van der Waals surface area contributed by atoms with Crippen LogP contribution in [-0.4, -0.2) is 74.5 Å². The lowest BCUT2D eigenvalue weighted by molar-refractivity contribution is 0.0611. The normalized spacial score (nSPS) is 20.4. The molecule has 5 heterocycles. The standard InChI is InChI=1S/C28H34ClN7/c1-2-23-19-35(28-25(29)16-22(17-33-28)27-31-9-10-32-27)13-14-36(23)24-6-11-34(12-7-24)18-20-3-4-26-21(15-20)5-8-30-26/h3-5,8-10,15-17,23-24,30H,2,6-7,11-14,18-19H2,1H3,(H,31,32)/t23-/m0/s1. The molecule has 6 rings (SSSR count). The molecule has 2 saturated heterocycles. The fourth-order valence-electron chi connectivity index (χ4n) is 5.99. The molecule has 0 aliphatic carbocycles. The molecule has 0 saturated carbocycles. The second kappa shape index (κ2) is 10.2. The van der Waals surface area contributed by atoms with E-state index in [1.165, 1.54) is 29.3 Å². The van der Waals surface area contributed by atoms with Crippen molar-refractivity contribution in [2.24, 2.45) is 0 Å². The average molecular weight is 504 g/mol. The van der Waals surface area contributed by atoms with Crippen molar-refractivity contribution in [3.8, 4) is 11.4 Å². The summed E-state index contributed by atoms with van der Waals surface area (Å²) in [6, 6.07) is 12.1. The summed E-state index contributed by atoms with van der Waals surface area (Å²) in [5.74, 6) is 1.68. The fraction of sp³-hybridized carbons (Fsp3) is 0.429. The summed E-state index contributed by atoms with van der Waals surface area (Å²) in [6.45, 7) is 8.66. The maximum absolute atomic E-state index is 6.70. The van der Waals surface area contributed by atoms with Gasteiger partial charge in [0.05, 0.1) is 5.02 Å². The number of rotatable bonds is 6. The van der Waals surface area contributed by atoms with Gasteiger partial charge in [0.25, 0.3) is 0 Å². The van der Waals surface area contributed by atoms with Gasteiger partial charge in [0.15, 0.2) is 0 Å². The van der Waals surface area contributed by atoms with Crippen LogP contribution in [0.3, 0.4) is 0 Å². The highest BCUT2D eigenvalue weighted by Gasteiger charge is 2.34. The number of aromatic amines is 2. The van der Waals surface area contributed by atoms with Crippen LogP contribution in [-0.2, 0) is 6.54 Å². The summed E-state index contributed by atoms with van der Waals surface area (Å²) >= 11 is 6.70. The maximum Gasteiger partial charge on any atom is 0.147 e. The summed E-state index contributed by atoms with van der Waals surface area (Å²) < 4.78 is 0. The number of piperidine rings is 1.